The van der Waals surface area contributed by atoms with Gasteiger partial charge in [-0.25, -0.2) is 9.79 Å². The molecule has 1 aliphatic carbocycles. The van der Waals surface area contributed by atoms with Crippen LogP contribution in [0.1, 0.15) is 37.7 Å². The number of urea groups is 1. The van der Waals surface area contributed by atoms with Crippen molar-refractivity contribution in [3.63, 3.8) is 0 Å². The molecule has 0 saturated heterocycles. The van der Waals surface area contributed by atoms with Crippen LogP contribution in [0.3, 0.4) is 0 Å². The normalized spacial score (nSPS) is 25.8. The van der Waals surface area contributed by atoms with E-state index < -0.39 is 23.7 Å². The van der Waals surface area contributed by atoms with Gasteiger partial charge in [-0.1, -0.05) is 29.8 Å². The van der Waals surface area contributed by atoms with E-state index in [-0.39, 0.29) is 5.78 Å². The van der Waals surface area contributed by atoms with Crippen LogP contribution >= 0.6 is 11.6 Å². The van der Waals surface area contributed by atoms with Gasteiger partial charge in [0.05, 0.1) is 6.04 Å². The number of nitrogens with one attached hydrogen (secondary N) is 1. The van der Waals surface area contributed by atoms with Gasteiger partial charge >= 0.3 is 6.03 Å². The molecule has 0 aromatic heterocycles. The predicted octanol–water partition coefficient (Wildman–Crippen LogP) is 1.86. The number of ether oxygens (including phenoxy) is 1. The Labute approximate surface area is 157 Å². The van der Waals surface area contributed by atoms with Crippen LogP contribution in [-0.2, 0) is 15.1 Å². The van der Waals surface area contributed by atoms with E-state index in [0.717, 1.165) is 6.42 Å². The molecule has 1 saturated carbocycles. The van der Waals surface area contributed by atoms with Crippen LogP contribution in [0.2, 0.25) is 5.02 Å². The highest BCUT2D eigenvalue weighted by atomic mass is 35.5. The molecular weight excluding hydrogens is 356 g/mol. The van der Waals surface area contributed by atoms with Crippen molar-refractivity contribution in [3.8, 4) is 0 Å². The van der Waals surface area contributed by atoms with Crippen molar-refractivity contribution in [2.24, 2.45) is 16.5 Å². The SMILES string of the molecule is NC(=O)NCCCC(N)C1=NC2(c3ccccc3Cl)CCCC(O1)C2=O. The zero-order valence-corrected chi connectivity index (χ0v) is 15.2. The van der Waals surface area contributed by atoms with Crippen LogP contribution in [0, 0.1) is 0 Å². The first-order valence-electron chi connectivity index (χ1n) is 8.78. The number of ketones is 1. The number of primary amides is 1. The summed E-state index contributed by atoms with van der Waals surface area (Å²) in [6.45, 7) is 0.425. The van der Waals surface area contributed by atoms with E-state index in [2.05, 4.69) is 10.3 Å². The van der Waals surface area contributed by atoms with Crippen LogP contribution in [0.5, 0.6) is 0 Å². The fourth-order valence-electron chi connectivity index (χ4n) is 3.60. The van der Waals surface area contributed by atoms with Crippen molar-refractivity contribution in [2.75, 3.05) is 6.54 Å². The molecule has 1 heterocycles. The molecule has 3 unspecified atom stereocenters. The number of Topliss-reactive ketones (excluding diaryl/α,β-unsaturated/α-hetero) is 1. The maximum absolute atomic E-state index is 13.0. The average Bonchev–Trinajstić information content (AvgIpc) is 2.59. The minimum absolute atomic E-state index is 0.0526. The zero-order chi connectivity index (χ0) is 18.7. The summed E-state index contributed by atoms with van der Waals surface area (Å²) in [7, 11) is 0. The minimum Gasteiger partial charge on any atom is -0.468 e. The Hall–Kier alpha value is -2.12. The number of carbonyl (C=O) groups is 2. The third kappa shape index (κ3) is 3.54. The molecule has 2 bridgehead atoms. The standard InChI is InChI=1S/C18H23ClN4O3/c19-12-6-2-1-5-11(12)18-9-3-8-14(15(18)24)26-16(23-18)13(20)7-4-10-22-17(21)25/h1-2,5-6,13-14H,3-4,7-10,20H2,(H3,21,22,25). The molecule has 26 heavy (non-hydrogen) atoms. The molecule has 1 aromatic rings. The average molecular weight is 379 g/mol. The second-order valence-electron chi connectivity index (χ2n) is 6.69. The summed E-state index contributed by atoms with van der Waals surface area (Å²) >= 11 is 6.38. The van der Waals surface area contributed by atoms with Gasteiger partial charge in [-0.15, -0.1) is 0 Å². The number of aliphatic imine (C=N–C) groups is 1. The van der Waals surface area contributed by atoms with Gasteiger partial charge in [0.15, 0.2) is 11.6 Å². The zero-order valence-electron chi connectivity index (χ0n) is 14.4. The van der Waals surface area contributed by atoms with E-state index >= 15 is 0 Å². The van der Waals surface area contributed by atoms with Crippen LogP contribution in [0.25, 0.3) is 0 Å². The summed E-state index contributed by atoms with van der Waals surface area (Å²) in [6, 6.07) is 6.27. The number of nitrogens with two attached hydrogens (primary N) is 2. The molecule has 1 fully saturated rings. The highest BCUT2D eigenvalue weighted by molar-refractivity contribution is 6.32. The first kappa shape index (κ1) is 18.7. The summed E-state index contributed by atoms with van der Waals surface area (Å²) < 4.78 is 5.82. The third-order valence-electron chi connectivity index (χ3n) is 4.90. The number of nitrogens with zero attached hydrogens (tertiary/aromatic N) is 1. The molecule has 2 aliphatic rings. The van der Waals surface area contributed by atoms with E-state index in [9.17, 15) is 9.59 Å². The van der Waals surface area contributed by atoms with E-state index in [4.69, 9.17) is 27.8 Å². The van der Waals surface area contributed by atoms with Crippen molar-refractivity contribution >= 4 is 29.3 Å². The van der Waals surface area contributed by atoms with E-state index in [1.165, 1.54) is 0 Å². The molecule has 8 heteroatoms. The van der Waals surface area contributed by atoms with E-state index in [0.29, 0.717) is 48.7 Å². The molecule has 1 aromatic carbocycles. The lowest BCUT2D eigenvalue weighted by Gasteiger charge is -2.42. The third-order valence-corrected chi connectivity index (χ3v) is 5.23. The summed E-state index contributed by atoms with van der Waals surface area (Å²) in [6.07, 6.45) is 2.72. The number of benzene rings is 1. The van der Waals surface area contributed by atoms with Gasteiger partial charge in [-0.2, -0.15) is 0 Å². The number of hydrogen-bond donors (Lipinski definition) is 3. The quantitative estimate of drug-likeness (QED) is 0.654. The van der Waals surface area contributed by atoms with Crippen LogP contribution in [-0.4, -0.2) is 36.4 Å². The number of rotatable bonds is 6. The lowest BCUT2D eigenvalue weighted by Crippen LogP contribution is -2.54. The minimum atomic E-state index is -1.02. The van der Waals surface area contributed by atoms with Gasteiger partial charge in [0, 0.05) is 17.1 Å². The summed E-state index contributed by atoms with van der Waals surface area (Å²) in [5.74, 6) is 0.330. The molecule has 1 aliphatic heterocycles. The van der Waals surface area contributed by atoms with Crippen molar-refractivity contribution in [2.45, 2.75) is 49.8 Å². The van der Waals surface area contributed by atoms with Gasteiger partial charge in [-0.3, -0.25) is 4.79 Å². The lowest BCUT2D eigenvalue weighted by molar-refractivity contribution is -0.137. The van der Waals surface area contributed by atoms with Crippen LogP contribution < -0.4 is 16.8 Å². The first-order valence-corrected chi connectivity index (χ1v) is 9.16. The highest BCUT2D eigenvalue weighted by Gasteiger charge is 2.52. The Morgan fingerprint density at radius 1 is 1.46 bits per heavy atom. The fraction of sp³-hybridized carbons (Fsp3) is 0.500. The summed E-state index contributed by atoms with van der Waals surface area (Å²) in [5, 5.41) is 3.04. The van der Waals surface area contributed by atoms with Crippen molar-refractivity contribution < 1.29 is 14.3 Å². The summed E-state index contributed by atoms with van der Waals surface area (Å²) in [5.41, 5.74) is 11.0. The smallest absolute Gasteiger partial charge is 0.312 e. The van der Waals surface area contributed by atoms with Crippen molar-refractivity contribution in [1.82, 2.24) is 5.32 Å². The Balaban J connectivity index is 1.85. The number of amides is 2. The second kappa shape index (κ2) is 7.63. The van der Waals surface area contributed by atoms with Crippen LogP contribution in [0.15, 0.2) is 29.3 Å². The lowest BCUT2D eigenvalue weighted by atomic mass is 9.73. The monoisotopic (exact) mass is 378 g/mol. The molecular formula is C18H23ClN4O3. The maximum Gasteiger partial charge on any atom is 0.312 e. The van der Waals surface area contributed by atoms with E-state index in [1.54, 1.807) is 6.07 Å². The van der Waals surface area contributed by atoms with Gasteiger partial charge in [0.25, 0.3) is 0 Å². The number of halogens is 1. The largest absolute Gasteiger partial charge is 0.468 e. The molecule has 0 spiro atoms. The van der Waals surface area contributed by atoms with E-state index in [1.807, 2.05) is 18.2 Å². The summed E-state index contributed by atoms with van der Waals surface area (Å²) in [4.78, 5) is 28.4. The second-order valence-corrected chi connectivity index (χ2v) is 7.10. The molecule has 5 N–H and O–H groups in total. The van der Waals surface area contributed by atoms with Gasteiger partial charge in [0.2, 0.25) is 11.7 Å². The predicted molar refractivity (Wildman–Crippen MR) is 99.1 cm³/mol. The number of carbonyl (C=O) groups excluding carboxylic acids is 2. The fourth-order valence-corrected chi connectivity index (χ4v) is 3.89. The Morgan fingerprint density at radius 3 is 2.96 bits per heavy atom. The molecule has 0 radical (unpaired) electrons. The van der Waals surface area contributed by atoms with Gasteiger partial charge in [0.1, 0.15) is 0 Å². The van der Waals surface area contributed by atoms with Crippen LogP contribution in [0.4, 0.5) is 4.79 Å². The topological polar surface area (TPSA) is 120 Å². The van der Waals surface area contributed by atoms with Crippen molar-refractivity contribution in [3.05, 3.63) is 34.9 Å². The van der Waals surface area contributed by atoms with Gasteiger partial charge < -0.3 is 21.5 Å². The van der Waals surface area contributed by atoms with Gasteiger partial charge in [-0.05, 0) is 38.2 Å². The Morgan fingerprint density at radius 2 is 2.23 bits per heavy atom. The Bertz CT molecular complexity index is 739. The molecule has 2 amide bonds. The maximum atomic E-state index is 13.0. The number of hydrogen-bond acceptors (Lipinski definition) is 5. The van der Waals surface area contributed by atoms with Crippen molar-refractivity contribution in [1.29, 1.82) is 0 Å². The molecule has 7 nitrogen and oxygen atoms in total. The number of fused-ring (bicyclic) bond motifs is 2. The Kier molecular flexibility index (Phi) is 5.48. The molecule has 3 rings (SSSR count). The first-order chi connectivity index (χ1) is 12.4. The highest BCUT2D eigenvalue weighted by Crippen LogP contribution is 2.44. The molecule has 140 valence electrons. The molecule has 3 atom stereocenters.